The molecule has 5 heteroatoms. The van der Waals surface area contributed by atoms with E-state index in [-0.39, 0.29) is 24.4 Å². The summed E-state index contributed by atoms with van der Waals surface area (Å²) in [6, 6.07) is 6.40. The van der Waals surface area contributed by atoms with Gasteiger partial charge in [-0.1, -0.05) is 6.07 Å². The molecule has 0 spiro atoms. The Hall–Kier alpha value is -1.26. The van der Waals surface area contributed by atoms with Crippen molar-refractivity contribution in [2.24, 2.45) is 5.92 Å². The SMILES string of the molecule is COc1ccc2c(c1)CCCC2NC(=O)CCC1CCNCC1.Cl. The van der Waals surface area contributed by atoms with Crippen molar-refractivity contribution >= 4 is 18.3 Å². The van der Waals surface area contributed by atoms with Crippen LogP contribution >= 0.6 is 12.4 Å². The van der Waals surface area contributed by atoms with E-state index in [0.717, 1.165) is 44.5 Å². The number of methoxy groups -OCH3 is 1. The normalized spacial score (nSPS) is 20.6. The van der Waals surface area contributed by atoms with Crippen LogP contribution in [0.5, 0.6) is 5.75 Å². The molecule has 2 N–H and O–H groups in total. The van der Waals surface area contributed by atoms with E-state index < -0.39 is 0 Å². The minimum atomic E-state index is 0. The predicted octanol–water partition coefficient (Wildman–Crippen LogP) is 3.39. The molecule has 1 atom stereocenters. The monoisotopic (exact) mass is 352 g/mol. The van der Waals surface area contributed by atoms with Gasteiger partial charge in [0.1, 0.15) is 5.75 Å². The lowest BCUT2D eigenvalue weighted by atomic mass is 9.87. The quantitative estimate of drug-likeness (QED) is 0.854. The van der Waals surface area contributed by atoms with Crippen molar-refractivity contribution in [3.63, 3.8) is 0 Å². The first-order chi connectivity index (χ1) is 11.3. The fourth-order valence-electron chi connectivity index (χ4n) is 3.84. The van der Waals surface area contributed by atoms with Gasteiger partial charge in [-0.15, -0.1) is 12.4 Å². The molecule has 1 saturated heterocycles. The number of fused-ring (bicyclic) bond motifs is 1. The molecule has 0 aromatic heterocycles. The molecular formula is C19H29ClN2O2. The molecule has 2 aliphatic rings. The second-order valence-electron chi connectivity index (χ2n) is 6.81. The zero-order chi connectivity index (χ0) is 16.1. The first-order valence-electron chi connectivity index (χ1n) is 8.93. The van der Waals surface area contributed by atoms with Crippen LogP contribution in [0.3, 0.4) is 0 Å². The standard InChI is InChI=1S/C19H28N2O2.ClH/c1-23-16-6-7-17-15(13-16)3-2-4-18(17)21-19(22)8-5-14-9-11-20-12-10-14;/h6-7,13-14,18,20H,2-5,8-12H2,1H3,(H,21,22);1H. The summed E-state index contributed by atoms with van der Waals surface area (Å²) in [5, 5.41) is 6.63. The molecule has 0 radical (unpaired) electrons. The summed E-state index contributed by atoms with van der Waals surface area (Å²) in [6.07, 6.45) is 7.34. The van der Waals surface area contributed by atoms with Crippen molar-refractivity contribution < 1.29 is 9.53 Å². The van der Waals surface area contributed by atoms with Gasteiger partial charge in [0.05, 0.1) is 13.2 Å². The van der Waals surface area contributed by atoms with Gasteiger partial charge in [0.25, 0.3) is 0 Å². The van der Waals surface area contributed by atoms with E-state index in [4.69, 9.17) is 4.74 Å². The van der Waals surface area contributed by atoms with E-state index >= 15 is 0 Å². The van der Waals surface area contributed by atoms with Crippen LogP contribution in [0.2, 0.25) is 0 Å². The van der Waals surface area contributed by atoms with Gasteiger partial charge in [-0.2, -0.15) is 0 Å². The highest BCUT2D eigenvalue weighted by molar-refractivity contribution is 5.85. The number of ether oxygens (including phenoxy) is 1. The molecule has 1 aromatic rings. The molecule has 24 heavy (non-hydrogen) atoms. The van der Waals surface area contributed by atoms with Gasteiger partial charge in [-0.3, -0.25) is 4.79 Å². The molecule has 1 unspecified atom stereocenters. The van der Waals surface area contributed by atoms with E-state index in [0.29, 0.717) is 12.3 Å². The molecule has 1 fully saturated rings. The van der Waals surface area contributed by atoms with Crippen molar-refractivity contribution in [2.75, 3.05) is 20.2 Å². The number of carbonyl (C=O) groups excluding carboxylic acids is 1. The third-order valence-corrected chi connectivity index (χ3v) is 5.24. The average molecular weight is 353 g/mol. The van der Waals surface area contributed by atoms with Gasteiger partial charge in [-0.05, 0) is 80.8 Å². The number of hydrogen-bond acceptors (Lipinski definition) is 3. The number of amides is 1. The Kier molecular flexibility index (Phi) is 7.38. The molecule has 0 saturated carbocycles. The van der Waals surface area contributed by atoms with Gasteiger partial charge >= 0.3 is 0 Å². The fraction of sp³-hybridized carbons (Fsp3) is 0.632. The van der Waals surface area contributed by atoms with Crippen LogP contribution in [0.4, 0.5) is 0 Å². The van der Waals surface area contributed by atoms with E-state index in [1.807, 2.05) is 6.07 Å². The van der Waals surface area contributed by atoms with Gasteiger partial charge in [0.2, 0.25) is 5.91 Å². The highest BCUT2D eigenvalue weighted by Crippen LogP contribution is 2.32. The van der Waals surface area contributed by atoms with E-state index in [2.05, 4.69) is 22.8 Å². The van der Waals surface area contributed by atoms with E-state index in [1.165, 1.54) is 24.0 Å². The zero-order valence-electron chi connectivity index (χ0n) is 14.5. The topological polar surface area (TPSA) is 50.4 Å². The van der Waals surface area contributed by atoms with Crippen LogP contribution in [0.15, 0.2) is 18.2 Å². The summed E-state index contributed by atoms with van der Waals surface area (Å²) in [5.74, 6) is 1.82. The lowest BCUT2D eigenvalue weighted by Gasteiger charge is -2.27. The number of nitrogens with one attached hydrogen (secondary N) is 2. The molecule has 0 bridgehead atoms. The largest absolute Gasteiger partial charge is 0.497 e. The molecule has 3 rings (SSSR count). The van der Waals surface area contributed by atoms with Crippen LogP contribution < -0.4 is 15.4 Å². The van der Waals surface area contributed by atoms with Crippen LogP contribution in [-0.2, 0) is 11.2 Å². The highest BCUT2D eigenvalue weighted by atomic mass is 35.5. The van der Waals surface area contributed by atoms with Gasteiger partial charge in [0, 0.05) is 6.42 Å². The second-order valence-corrected chi connectivity index (χ2v) is 6.81. The molecule has 1 aliphatic heterocycles. The molecule has 1 amide bonds. The third-order valence-electron chi connectivity index (χ3n) is 5.24. The average Bonchev–Trinajstić information content (AvgIpc) is 2.60. The van der Waals surface area contributed by atoms with Crippen LogP contribution in [0, 0.1) is 5.92 Å². The maximum absolute atomic E-state index is 12.3. The highest BCUT2D eigenvalue weighted by Gasteiger charge is 2.22. The summed E-state index contributed by atoms with van der Waals surface area (Å²) < 4.78 is 5.31. The predicted molar refractivity (Wildman–Crippen MR) is 98.9 cm³/mol. The Balaban J connectivity index is 0.00000208. The van der Waals surface area contributed by atoms with Crippen molar-refractivity contribution in [3.05, 3.63) is 29.3 Å². The maximum Gasteiger partial charge on any atom is 0.220 e. The second kappa shape index (κ2) is 9.28. The Labute approximate surface area is 151 Å². The molecular weight excluding hydrogens is 324 g/mol. The lowest BCUT2D eigenvalue weighted by molar-refractivity contribution is -0.122. The Bertz CT molecular complexity index is 544. The molecule has 1 heterocycles. The summed E-state index contributed by atoms with van der Waals surface area (Å²) >= 11 is 0. The number of aryl methyl sites for hydroxylation is 1. The van der Waals surface area contributed by atoms with Crippen LogP contribution in [0.25, 0.3) is 0 Å². The number of rotatable bonds is 5. The Morgan fingerprint density at radius 3 is 2.83 bits per heavy atom. The lowest BCUT2D eigenvalue weighted by Crippen LogP contribution is -2.32. The van der Waals surface area contributed by atoms with Gasteiger partial charge in [0.15, 0.2) is 0 Å². The summed E-state index contributed by atoms with van der Waals surface area (Å²) in [4.78, 5) is 12.3. The minimum Gasteiger partial charge on any atom is -0.497 e. The maximum atomic E-state index is 12.3. The Morgan fingerprint density at radius 1 is 1.29 bits per heavy atom. The van der Waals surface area contributed by atoms with Gasteiger partial charge < -0.3 is 15.4 Å². The van der Waals surface area contributed by atoms with Crippen LogP contribution in [-0.4, -0.2) is 26.1 Å². The first-order valence-corrected chi connectivity index (χ1v) is 8.93. The number of benzene rings is 1. The molecule has 134 valence electrons. The zero-order valence-corrected chi connectivity index (χ0v) is 15.3. The molecule has 1 aromatic carbocycles. The van der Waals surface area contributed by atoms with Crippen molar-refractivity contribution in [2.45, 2.75) is 51.0 Å². The minimum absolute atomic E-state index is 0. The number of hydrogen-bond donors (Lipinski definition) is 2. The molecule has 4 nitrogen and oxygen atoms in total. The number of carbonyl (C=O) groups is 1. The molecule has 1 aliphatic carbocycles. The van der Waals surface area contributed by atoms with E-state index in [1.54, 1.807) is 7.11 Å². The van der Waals surface area contributed by atoms with Crippen molar-refractivity contribution in [3.8, 4) is 5.75 Å². The fourth-order valence-corrected chi connectivity index (χ4v) is 3.84. The smallest absolute Gasteiger partial charge is 0.220 e. The van der Waals surface area contributed by atoms with Gasteiger partial charge in [-0.25, -0.2) is 0 Å². The summed E-state index contributed by atoms with van der Waals surface area (Å²) in [7, 11) is 1.70. The number of halogens is 1. The number of piperidine rings is 1. The van der Waals surface area contributed by atoms with Crippen molar-refractivity contribution in [1.29, 1.82) is 0 Å². The van der Waals surface area contributed by atoms with E-state index in [9.17, 15) is 4.79 Å². The van der Waals surface area contributed by atoms with Crippen LogP contribution in [0.1, 0.15) is 55.7 Å². The summed E-state index contributed by atoms with van der Waals surface area (Å²) in [5.41, 5.74) is 2.59. The summed E-state index contributed by atoms with van der Waals surface area (Å²) in [6.45, 7) is 2.20. The Morgan fingerprint density at radius 2 is 2.08 bits per heavy atom. The van der Waals surface area contributed by atoms with Crippen molar-refractivity contribution in [1.82, 2.24) is 10.6 Å². The first kappa shape index (κ1) is 19.1. The third kappa shape index (κ3) is 4.87.